The number of amides is 1. The molecule has 9 nitrogen and oxygen atoms in total. The number of ketones is 1. The maximum atomic E-state index is 13.2. The molecule has 0 bridgehead atoms. The van der Waals surface area contributed by atoms with Crippen LogP contribution in [-0.2, 0) is 0 Å². The van der Waals surface area contributed by atoms with Crippen LogP contribution in [0.4, 0.5) is 5.82 Å². The molecule has 0 unspecified atom stereocenters. The number of rotatable bonds is 6. The van der Waals surface area contributed by atoms with E-state index in [1.54, 1.807) is 36.4 Å². The minimum absolute atomic E-state index is 0.131. The third-order valence-electron chi connectivity index (χ3n) is 5.39. The number of carbonyl (C=O) groups is 2. The van der Waals surface area contributed by atoms with Gasteiger partial charge in [-0.15, -0.1) is 10.2 Å². The number of anilines is 1. The van der Waals surface area contributed by atoms with Crippen LogP contribution in [0.1, 0.15) is 44.7 Å². The summed E-state index contributed by atoms with van der Waals surface area (Å²) in [7, 11) is 0. The SMILES string of the molecule is Cc1ccc(C(=O)NC2CC2)cc1-n1ncc(C(=O)c2cccc(-c3nnco3)c2)c1N. The molecule has 1 saturated carbocycles. The van der Waals surface area contributed by atoms with E-state index in [1.165, 1.54) is 17.3 Å². The van der Waals surface area contributed by atoms with Crippen molar-refractivity contribution in [3.63, 3.8) is 0 Å². The van der Waals surface area contributed by atoms with Gasteiger partial charge in [0.1, 0.15) is 5.82 Å². The number of aromatic nitrogens is 4. The Bertz CT molecular complexity index is 1320. The zero-order valence-corrected chi connectivity index (χ0v) is 17.3. The summed E-state index contributed by atoms with van der Waals surface area (Å²) < 4.78 is 6.69. The number of nitrogens with two attached hydrogens (primary N) is 1. The Kier molecular flexibility index (Phi) is 4.78. The Balaban J connectivity index is 1.47. The van der Waals surface area contributed by atoms with Gasteiger partial charge in [-0.05, 0) is 49.6 Å². The van der Waals surface area contributed by atoms with E-state index in [0.717, 1.165) is 18.4 Å². The lowest BCUT2D eigenvalue weighted by Crippen LogP contribution is -2.25. The maximum absolute atomic E-state index is 13.2. The molecule has 4 aromatic rings. The average Bonchev–Trinajstić information content (AvgIpc) is 3.29. The average molecular weight is 428 g/mol. The van der Waals surface area contributed by atoms with Gasteiger partial charge in [0.25, 0.3) is 5.91 Å². The van der Waals surface area contributed by atoms with Crippen LogP contribution in [0.3, 0.4) is 0 Å². The molecule has 9 heteroatoms. The Labute approximate surface area is 183 Å². The van der Waals surface area contributed by atoms with Crippen LogP contribution in [0.15, 0.2) is 59.5 Å². The van der Waals surface area contributed by atoms with Gasteiger partial charge in [-0.2, -0.15) is 5.10 Å². The number of nitrogen functional groups attached to an aromatic ring is 1. The first-order valence-corrected chi connectivity index (χ1v) is 10.2. The molecule has 2 aromatic heterocycles. The van der Waals surface area contributed by atoms with Crippen molar-refractivity contribution in [2.24, 2.45) is 0 Å². The van der Waals surface area contributed by atoms with Crippen molar-refractivity contribution in [3.05, 3.63) is 77.3 Å². The molecule has 1 aliphatic rings. The first-order valence-electron chi connectivity index (χ1n) is 10.2. The first kappa shape index (κ1) is 19.7. The molecule has 1 amide bonds. The Morgan fingerprint density at radius 3 is 2.75 bits per heavy atom. The number of carbonyl (C=O) groups excluding carboxylic acids is 2. The van der Waals surface area contributed by atoms with Crippen LogP contribution in [0.2, 0.25) is 0 Å². The molecule has 5 rings (SSSR count). The standard InChI is InChI=1S/C23H20N6O3/c1-13-5-6-15(22(31)27-17-7-8-17)10-19(13)29-21(24)18(11-26-29)20(30)14-3-2-4-16(9-14)23-28-25-12-32-23/h2-6,9-12,17H,7-8,24H2,1H3,(H,27,31). The number of hydrogen-bond donors (Lipinski definition) is 2. The summed E-state index contributed by atoms with van der Waals surface area (Å²) in [5.74, 6) is 0.102. The zero-order valence-electron chi connectivity index (χ0n) is 17.3. The van der Waals surface area contributed by atoms with Crippen molar-refractivity contribution in [1.29, 1.82) is 0 Å². The van der Waals surface area contributed by atoms with Gasteiger partial charge in [-0.25, -0.2) is 4.68 Å². The highest BCUT2D eigenvalue weighted by atomic mass is 16.4. The molecule has 0 radical (unpaired) electrons. The van der Waals surface area contributed by atoms with E-state index in [9.17, 15) is 9.59 Å². The van der Waals surface area contributed by atoms with Gasteiger partial charge in [0, 0.05) is 22.7 Å². The van der Waals surface area contributed by atoms with Gasteiger partial charge in [0.15, 0.2) is 5.78 Å². The lowest BCUT2D eigenvalue weighted by atomic mass is 10.0. The summed E-state index contributed by atoms with van der Waals surface area (Å²) in [5.41, 5.74) is 9.68. The molecular formula is C23H20N6O3. The highest BCUT2D eigenvalue weighted by molar-refractivity contribution is 6.12. The van der Waals surface area contributed by atoms with Crippen molar-refractivity contribution in [3.8, 4) is 17.1 Å². The number of benzene rings is 2. The minimum atomic E-state index is -0.282. The molecule has 2 aromatic carbocycles. The molecule has 160 valence electrons. The monoisotopic (exact) mass is 428 g/mol. The number of hydrogen-bond acceptors (Lipinski definition) is 7. The van der Waals surface area contributed by atoms with E-state index in [2.05, 4.69) is 20.6 Å². The number of nitrogens with zero attached hydrogens (tertiary/aromatic N) is 4. The number of aryl methyl sites for hydroxylation is 1. The molecule has 0 atom stereocenters. The predicted octanol–water partition coefficient (Wildman–Crippen LogP) is 2.94. The molecule has 2 heterocycles. The van der Waals surface area contributed by atoms with Gasteiger partial charge < -0.3 is 15.5 Å². The highest BCUT2D eigenvalue weighted by Crippen LogP contribution is 2.26. The van der Waals surface area contributed by atoms with E-state index >= 15 is 0 Å². The summed E-state index contributed by atoms with van der Waals surface area (Å²) in [5, 5.41) is 14.8. The van der Waals surface area contributed by atoms with Crippen LogP contribution < -0.4 is 11.1 Å². The lowest BCUT2D eigenvalue weighted by molar-refractivity contribution is 0.0950. The van der Waals surface area contributed by atoms with Gasteiger partial charge in [0.2, 0.25) is 12.3 Å². The normalized spacial score (nSPS) is 13.2. The Hall–Kier alpha value is -4.27. The summed E-state index contributed by atoms with van der Waals surface area (Å²) in [6, 6.07) is 12.5. The Morgan fingerprint density at radius 1 is 1.16 bits per heavy atom. The fourth-order valence-electron chi connectivity index (χ4n) is 3.45. The second kappa shape index (κ2) is 7.77. The molecule has 32 heavy (non-hydrogen) atoms. The summed E-state index contributed by atoms with van der Waals surface area (Å²) in [6.07, 6.45) is 4.69. The van der Waals surface area contributed by atoms with E-state index in [-0.39, 0.29) is 29.1 Å². The van der Waals surface area contributed by atoms with Crippen LogP contribution in [0.25, 0.3) is 17.1 Å². The van der Waals surface area contributed by atoms with Gasteiger partial charge in [-0.3, -0.25) is 9.59 Å². The lowest BCUT2D eigenvalue weighted by Gasteiger charge is -2.11. The zero-order chi connectivity index (χ0) is 22.2. The van der Waals surface area contributed by atoms with Crippen molar-refractivity contribution in [2.75, 3.05) is 5.73 Å². The first-order chi connectivity index (χ1) is 15.5. The van der Waals surface area contributed by atoms with Gasteiger partial charge in [0.05, 0.1) is 17.4 Å². The molecule has 0 spiro atoms. The minimum Gasteiger partial charge on any atom is -0.423 e. The van der Waals surface area contributed by atoms with Crippen LogP contribution in [0.5, 0.6) is 0 Å². The molecule has 0 saturated heterocycles. The largest absolute Gasteiger partial charge is 0.423 e. The topological polar surface area (TPSA) is 129 Å². The fraction of sp³-hybridized carbons (Fsp3) is 0.174. The van der Waals surface area contributed by atoms with Crippen molar-refractivity contribution < 1.29 is 14.0 Å². The summed E-state index contributed by atoms with van der Waals surface area (Å²) in [6.45, 7) is 1.90. The third kappa shape index (κ3) is 3.64. The fourth-order valence-corrected chi connectivity index (χ4v) is 3.45. The summed E-state index contributed by atoms with van der Waals surface area (Å²) in [4.78, 5) is 25.6. The second-order valence-corrected chi connectivity index (χ2v) is 7.76. The third-order valence-corrected chi connectivity index (χ3v) is 5.39. The van der Waals surface area contributed by atoms with E-state index in [4.69, 9.17) is 10.2 Å². The smallest absolute Gasteiger partial charge is 0.251 e. The molecule has 1 aliphatic carbocycles. The molecular weight excluding hydrogens is 408 g/mol. The van der Waals surface area contributed by atoms with Crippen molar-refractivity contribution >= 4 is 17.5 Å². The number of nitrogens with one attached hydrogen (secondary N) is 1. The molecule has 1 fully saturated rings. The quantitative estimate of drug-likeness (QED) is 0.452. The van der Waals surface area contributed by atoms with E-state index < -0.39 is 0 Å². The Morgan fingerprint density at radius 2 is 2.00 bits per heavy atom. The molecule has 3 N–H and O–H groups in total. The van der Waals surface area contributed by atoms with E-state index in [0.29, 0.717) is 28.3 Å². The van der Waals surface area contributed by atoms with Gasteiger partial charge >= 0.3 is 0 Å². The van der Waals surface area contributed by atoms with Crippen molar-refractivity contribution in [1.82, 2.24) is 25.3 Å². The highest BCUT2D eigenvalue weighted by Gasteiger charge is 2.25. The van der Waals surface area contributed by atoms with Crippen LogP contribution in [0, 0.1) is 6.92 Å². The molecule has 0 aliphatic heterocycles. The summed E-state index contributed by atoms with van der Waals surface area (Å²) >= 11 is 0. The van der Waals surface area contributed by atoms with Crippen LogP contribution >= 0.6 is 0 Å². The van der Waals surface area contributed by atoms with E-state index in [1.807, 2.05) is 13.0 Å². The predicted molar refractivity (Wildman–Crippen MR) is 116 cm³/mol. The van der Waals surface area contributed by atoms with Crippen LogP contribution in [-0.4, -0.2) is 37.7 Å². The van der Waals surface area contributed by atoms with Gasteiger partial charge in [-0.1, -0.05) is 18.2 Å². The maximum Gasteiger partial charge on any atom is 0.251 e. The van der Waals surface area contributed by atoms with Crippen molar-refractivity contribution in [2.45, 2.75) is 25.8 Å². The second-order valence-electron chi connectivity index (χ2n) is 7.76.